The molecule has 0 aliphatic rings. The van der Waals surface area contributed by atoms with Crippen molar-refractivity contribution in [2.45, 2.75) is 26.2 Å². The summed E-state index contributed by atoms with van der Waals surface area (Å²) in [6.07, 6.45) is 3.61. The van der Waals surface area contributed by atoms with E-state index in [9.17, 15) is 0 Å². The Morgan fingerprint density at radius 3 is 2.71 bits per heavy atom. The third kappa shape index (κ3) is 6.38. The Labute approximate surface area is 59.2 Å². The summed E-state index contributed by atoms with van der Waals surface area (Å²) in [5.74, 6) is 3.02. The predicted molar refractivity (Wildman–Crippen MR) is 33.1 cm³/mol. The molecule has 0 aliphatic carbocycles. The van der Waals surface area contributed by atoms with E-state index >= 15 is 0 Å². The van der Waals surface area contributed by atoms with E-state index < -0.39 is 0 Å². The summed E-state index contributed by atoms with van der Waals surface area (Å²) in [7, 11) is 0. The molecular formula is C6H9Sb. The first-order chi connectivity index (χ1) is 3.41. The summed E-state index contributed by atoms with van der Waals surface area (Å²) in [5.41, 5.74) is 0. The average molecular weight is 203 g/mol. The fourth-order valence-corrected chi connectivity index (χ4v) is 0.640. The standard InChI is InChI=1S/C6H9.Sb/c1-3-5-6-4-2;/h3,5-6H2,1H3;. The molecule has 0 unspecified atom stereocenters. The molecule has 0 aliphatic heterocycles. The molecule has 0 atom stereocenters. The Morgan fingerprint density at radius 1 is 1.57 bits per heavy atom. The van der Waals surface area contributed by atoms with Crippen LogP contribution in [0, 0.1) is 9.79 Å². The van der Waals surface area contributed by atoms with Crippen molar-refractivity contribution < 1.29 is 0 Å². The molecule has 38 valence electrons. The first-order valence-corrected chi connectivity index (χ1v) is 3.81. The molecule has 0 bridgehead atoms. The summed E-state index contributed by atoms with van der Waals surface area (Å²) in [6, 6.07) is 0. The van der Waals surface area contributed by atoms with Gasteiger partial charge >= 0.3 is 59.0 Å². The Morgan fingerprint density at radius 2 is 2.29 bits per heavy atom. The number of hydrogen-bond acceptors (Lipinski definition) is 0. The van der Waals surface area contributed by atoms with Gasteiger partial charge in [0.2, 0.25) is 0 Å². The number of rotatable bonds is 2. The van der Waals surface area contributed by atoms with Crippen molar-refractivity contribution in [2.75, 3.05) is 0 Å². The normalized spacial score (nSPS) is 7.14. The average Bonchev–Trinajstić information content (AvgIpc) is 1.69. The van der Waals surface area contributed by atoms with Gasteiger partial charge in [-0.2, -0.15) is 0 Å². The second-order valence-corrected chi connectivity index (χ2v) is 2.03. The van der Waals surface area contributed by atoms with E-state index in [0.29, 0.717) is 0 Å². The van der Waals surface area contributed by atoms with Gasteiger partial charge in [-0.05, 0) is 0 Å². The van der Waals surface area contributed by atoms with E-state index in [2.05, 4.69) is 16.7 Å². The molecule has 0 aromatic carbocycles. The fourth-order valence-electron chi connectivity index (χ4n) is 0.321. The van der Waals surface area contributed by atoms with Gasteiger partial charge < -0.3 is 0 Å². The Kier molecular flexibility index (Phi) is 6.72. The molecule has 0 fully saturated rings. The molecular weight excluding hydrogens is 194 g/mol. The number of unbranched alkanes of at least 4 members (excludes halogenated alkanes) is 2. The van der Waals surface area contributed by atoms with Crippen LogP contribution in [0.3, 0.4) is 0 Å². The molecule has 0 aromatic rings. The minimum atomic E-state index is 1.09. The van der Waals surface area contributed by atoms with Gasteiger partial charge in [-0.15, -0.1) is 0 Å². The molecule has 0 saturated carbocycles. The van der Waals surface area contributed by atoms with Crippen molar-refractivity contribution in [3.8, 4) is 9.79 Å². The monoisotopic (exact) mass is 202 g/mol. The molecule has 0 N–H and O–H groups in total. The van der Waals surface area contributed by atoms with Crippen LogP contribution < -0.4 is 0 Å². The third-order valence-corrected chi connectivity index (χ3v) is 1.19. The van der Waals surface area contributed by atoms with Gasteiger partial charge in [0.1, 0.15) is 0 Å². The maximum atomic E-state index is 3.02. The molecule has 0 amide bonds. The van der Waals surface area contributed by atoms with Crippen LogP contribution in [0.25, 0.3) is 0 Å². The zero-order valence-corrected chi connectivity index (χ0v) is 7.12. The summed E-state index contributed by atoms with van der Waals surface area (Å²) in [5, 5.41) is 0. The van der Waals surface area contributed by atoms with Crippen LogP contribution in [0.1, 0.15) is 26.2 Å². The van der Waals surface area contributed by atoms with E-state index in [0.717, 1.165) is 6.42 Å². The van der Waals surface area contributed by atoms with Crippen molar-refractivity contribution in [1.29, 1.82) is 0 Å². The van der Waals surface area contributed by atoms with Crippen molar-refractivity contribution in [3.05, 3.63) is 0 Å². The molecule has 7 heavy (non-hydrogen) atoms. The number of hydrogen-bond donors (Lipinski definition) is 0. The van der Waals surface area contributed by atoms with Gasteiger partial charge in [-0.3, -0.25) is 0 Å². The SMILES string of the molecule is CCCCC#[C][Sb]. The van der Waals surface area contributed by atoms with Gasteiger partial charge in [0.05, 0.1) is 0 Å². The Bertz CT molecular complexity index is 75.9. The first kappa shape index (κ1) is 7.38. The van der Waals surface area contributed by atoms with Gasteiger partial charge in [0.15, 0.2) is 0 Å². The molecule has 0 spiro atoms. The summed E-state index contributed by atoms with van der Waals surface area (Å²) in [4.78, 5) is 0. The van der Waals surface area contributed by atoms with Crippen LogP contribution >= 0.6 is 0 Å². The zero-order valence-electron chi connectivity index (χ0n) is 4.57. The van der Waals surface area contributed by atoms with Gasteiger partial charge in [-0.1, -0.05) is 0 Å². The van der Waals surface area contributed by atoms with Crippen LogP contribution in [-0.4, -0.2) is 23.0 Å². The second kappa shape index (κ2) is 6.38. The van der Waals surface area contributed by atoms with Crippen molar-refractivity contribution in [2.24, 2.45) is 0 Å². The van der Waals surface area contributed by atoms with Crippen molar-refractivity contribution in [1.82, 2.24) is 0 Å². The molecule has 0 aromatic heterocycles. The molecule has 0 nitrogen and oxygen atoms in total. The maximum absolute atomic E-state index is 3.02. The fraction of sp³-hybridized carbons (Fsp3) is 0.667. The van der Waals surface area contributed by atoms with Crippen LogP contribution in [0.2, 0.25) is 0 Å². The predicted octanol–water partition coefficient (Wildman–Crippen LogP) is 1.31. The molecule has 0 saturated heterocycles. The summed E-state index contributed by atoms with van der Waals surface area (Å²) < 4.78 is 2.90. The van der Waals surface area contributed by atoms with Gasteiger partial charge in [0, 0.05) is 0 Å². The molecule has 0 rings (SSSR count). The van der Waals surface area contributed by atoms with Gasteiger partial charge in [0.25, 0.3) is 0 Å². The van der Waals surface area contributed by atoms with Crippen LogP contribution in [0.15, 0.2) is 0 Å². The van der Waals surface area contributed by atoms with Crippen LogP contribution in [0.5, 0.6) is 0 Å². The van der Waals surface area contributed by atoms with E-state index in [1.807, 2.05) is 0 Å². The van der Waals surface area contributed by atoms with Crippen molar-refractivity contribution >= 4 is 23.0 Å². The van der Waals surface area contributed by atoms with Gasteiger partial charge in [-0.25, -0.2) is 0 Å². The molecule has 1 heteroatoms. The minimum absolute atomic E-state index is 1.09. The zero-order chi connectivity index (χ0) is 5.54. The van der Waals surface area contributed by atoms with Crippen LogP contribution in [0.4, 0.5) is 0 Å². The second-order valence-electron chi connectivity index (χ2n) is 1.39. The van der Waals surface area contributed by atoms with E-state index in [-0.39, 0.29) is 0 Å². The van der Waals surface area contributed by atoms with E-state index in [1.54, 1.807) is 23.0 Å². The third-order valence-electron chi connectivity index (χ3n) is 0.734. The summed E-state index contributed by atoms with van der Waals surface area (Å²) >= 11 is 1.58. The van der Waals surface area contributed by atoms with Crippen LogP contribution in [-0.2, 0) is 0 Å². The molecule has 2 radical (unpaired) electrons. The summed E-state index contributed by atoms with van der Waals surface area (Å²) in [6.45, 7) is 2.18. The topological polar surface area (TPSA) is 0 Å². The van der Waals surface area contributed by atoms with E-state index in [4.69, 9.17) is 0 Å². The molecule has 0 heterocycles. The first-order valence-electron chi connectivity index (χ1n) is 2.53. The Balaban J connectivity index is 2.78. The Hall–Kier alpha value is 0.378. The van der Waals surface area contributed by atoms with E-state index in [1.165, 1.54) is 12.8 Å². The quantitative estimate of drug-likeness (QED) is 0.360. The van der Waals surface area contributed by atoms with Crippen molar-refractivity contribution in [3.63, 3.8) is 0 Å².